The Morgan fingerprint density at radius 1 is 0.926 bits per heavy atom. The number of phenols is 2. The quantitative estimate of drug-likeness (QED) is 0.420. The van der Waals surface area contributed by atoms with Gasteiger partial charge in [0.1, 0.15) is 11.5 Å². The highest BCUT2D eigenvalue weighted by molar-refractivity contribution is 6.05. The minimum atomic E-state index is -0.771. The maximum Gasteiger partial charge on any atom is 0.275 e. The molecule has 0 atom stereocenters. The number of nitrogens with zero attached hydrogens (tertiary/aromatic N) is 1. The smallest absolute Gasteiger partial charge is 0.275 e. The third-order valence-corrected chi connectivity index (χ3v) is 4.11. The van der Waals surface area contributed by atoms with Crippen LogP contribution in [0.5, 0.6) is 11.5 Å². The lowest BCUT2D eigenvalue weighted by Gasteiger charge is -2.08. The van der Waals surface area contributed by atoms with Gasteiger partial charge in [-0.15, -0.1) is 0 Å². The zero-order valence-electron chi connectivity index (χ0n) is 14.4. The fraction of sp³-hybridized carbons (Fsp3) is 0.0500. The first kappa shape index (κ1) is 17.9. The summed E-state index contributed by atoms with van der Waals surface area (Å²) in [5.41, 5.74) is 8.53. The summed E-state index contributed by atoms with van der Waals surface area (Å²) >= 11 is 0. The van der Waals surface area contributed by atoms with Crippen molar-refractivity contribution in [3.63, 3.8) is 0 Å². The molecule has 0 radical (unpaired) electrons. The van der Waals surface area contributed by atoms with Crippen molar-refractivity contribution < 1.29 is 19.8 Å². The molecule has 3 aromatic rings. The van der Waals surface area contributed by atoms with Gasteiger partial charge in [0, 0.05) is 0 Å². The summed E-state index contributed by atoms with van der Waals surface area (Å²) in [6.45, 7) is 1.62. The molecule has 0 aromatic heterocycles. The number of rotatable bonds is 4. The van der Waals surface area contributed by atoms with E-state index < -0.39 is 11.8 Å². The average molecular weight is 363 g/mol. The lowest BCUT2D eigenvalue weighted by molar-refractivity contribution is 0.0950. The maximum atomic E-state index is 12.4. The summed E-state index contributed by atoms with van der Waals surface area (Å²) < 4.78 is 0. The van der Waals surface area contributed by atoms with E-state index in [9.17, 15) is 19.8 Å². The van der Waals surface area contributed by atoms with Crippen LogP contribution in [0.3, 0.4) is 0 Å². The highest BCUT2D eigenvalue weighted by Crippen LogP contribution is 2.25. The number of aromatic hydroxyl groups is 2. The number of nitrogens with one attached hydrogen (secondary N) is 1. The number of hydrogen-bond acceptors (Lipinski definition) is 5. The Kier molecular flexibility index (Phi) is 4.76. The van der Waals surface area contributed by atoms with E-state index in [4.69, 9.17) is 5.73 Å². The van der Waals surface area contributed by atoms with Crippen LogP contribution in [0.1, 0.15) is 33.2 Å². The van der Waals surface area contributed by atoms with Gasteiger partial charge in [0.15, 0.2) is 0 Å². The van der Waals surface area contributed by atoms with Crippen LogP contribution < -0.4 is 11.2 Å². The second kappa shape index (κ2) is 7.17. The topological polar surface area (TPSA) is 125 Å². The molecular weight excluding hydrogens is 346 g/mol. The van der Waals surface area contributed by atoms with Gasteiger partial charge in [0.05, 0.1) is 16.8 Å². The minimum absolute atomic E-state index is 0.0412. The molecule has 5 N–H and O–H groups in total. The van der Waals surface area contributed by atoms with Crippen molar-refractivity contribution in [3.05, 3.63) is 71.3 Å². The summed E-state index contributed by atoms with van der Waals surface area (Å²) in [5, 5.41) is 25.4. The SMILES string of the molecule is C/C(=N\NC(=O)c1cc2ccccc2cc1O)c1ccc(O)c(C(N)=O)c1. The van der Waals surface area contributed by atoms with Crippen LogP contribution in [-0.2, 0) is 0 Å². The van der Waals surface area contributed by atoms with E-state index in [0.29, 0.717) is 11.3 Å². The van der Waals surface area contributed by atoms with E-state index >= 15 is 0 Å². The lowest BCUT2D eigenvalue weighted by atomic mass is 10.1. The molecule has 0 unspecified atom stereocenters. The second-order valence-electron chi connectivity index (χ2n) is 5.95. The van der Waals surface area contributed by atoms with Gasteiger partial charge < -0.3 is 15.9 Å². The van der Waals surface area contributed by atoms with Crippen LogP contribution in [0.2, 0.25) is 0 Å². The summed E-state index contributed by atoms with van der Waals surface area (Å²) in [6.07, 6.45) is 0. The number of fused-ring (bicyclic) bond motifs is 1. The number of carbonyl (C=O) groups is 2. The van der Waals surface area contributed by atoms with Gasteiger partial charge in [0.25, 0.3) is 11.8 Å². The van der Waals surface area contributed by atoms with Gasteiger partial charge in [-0.1, -0.05) is 24.3 Å². The molecule has 7 heteroatoms. The van der Waals surface area contributed by atoms with Gasteiger partial charge in [-0.3, -0.25) is 9.59 Å². The van der Waals surface area contributed by atoms with Gasteiger partial charge in [-0.05, 0) is 53.6 Å². The molecule has 2 amide bonds. The lowest BCUT2D eigenvalue weighted by Crippen LogP contribution is -2.19. The number of nitrogens with two attached hydrogens (primary N) is 1. The van der Waals surface area contributed by atoms with Gasteiger partial charge >= 0.3 is 0 Å². The molecule has 0 heterocycles. The Morgan fingerprint density at radius 2 is 1.59 bits per heavy atom. The van der Waals surface area contributed by atoms with Gasteiger partial charge in [-0.25, -0.2) is 5.43 Å². The molecule has 0 aliphatic carbocycles. The van der Waals surface area contributed by atoms with Crippen LogP contribution in [0.25, 0.3) is 10.8 Å². The first-order valence-corrected chi connectivity index (χ1v) is 8.06. The van der Waals surface area contributed by atoms with Crippen molar-refractivity contribution >= 4 is 28.3 Å². The Morgan fingerprint density at radius 3 is 2.26 bits per heavy atom. The van der Waals surface area contributed by atoms with Crippen molar-refractivity contribution in [1.29, 1.82) is 0 Å². The molecule has 0 aliphatic heterocycles. The van der Waals surface area contributed by atoms with E-state index in [1.54, 1.807) is 19.1 Å². The number of hydrogen-bond donors (Lipinski definition) is 4. The van der Waals surface area contributed by atoms with E-state index in [1.807, 2.05) is 24.3 Å². The molecule has 7 nitrogen and oxygen atoms in total. The van der Waals surface area contributed by atoms with Crippen molar-refractivity contribution in [2.45, 2.75) is 6.92 Å². The second-order valence-corrected chi connectivity index (χ2v) is 5.95. The molecule has 0 spiro atoms. The standard InChI is InChI=1S/C20H17N3O4/c1-11(12-6-7-17(24)15(8-12)19(21)26)22-23-20(27)16-9-13-4-2-3-5-14(13)10-18(16)25/h2-10,24-25H,1H3,(H2,21,26)(H,23,27)/b22-11+. The fourth-order valence-electron chi connectivity index (χ4n) is 2.63. The third kappa shape index (κ3) is 3.72. The monoisotopic (exact) mass is 363 g/mol. The van der Waals surface area contributed by atoms with Crippen LogP contribution in [0.4, 0.5) is 0 Å². The first-order chi connectivity index (χ1) is 12.9. The Hall–Kier alpha value is -3.87. The first-order valence-electron chi connectivity index (χ1n) is 8.06. The van der Waals surface area contributed by atoms with Crippen LogP contribution in [0, 0.1) is 0 Å². The molecule has 136 valence electrons. The predicted octanol–water partition coefficient (Wildman–Crippen LogP) is 2.50. The number of benzene rings is 3. The molecule has 3 aromatic carbocycles. The molecule has 0 bridgehead atoms. The number of amides is 2. The van der Waals surface area contributed by atoms with Crippen molar-refractivity contribution in [3.8, 4) is 11.5 Å². The summed E-state index contributed by atoms with van der Waals surface area (Å²) in [6, 6.07) is 14.7. The van der Waals surface area contributed by atoms with E-state index in [0.717, 1.165) is 10.8 Å². The zero-order valence-corrected chi connectivity index (χ0v) is 14.4. The van der Waals surface area contributed by atoms with E-state index in [2.05, 4.69) is 10.5 Å². The Balaban J connectivity index is 1.85. The normalized spacial score (nSPS) is 11.4. The highest BCUT2D eigenvalue weighted by atomic mass is 16.3. The third-order valence-electron chi connectivity index (χ3n) is 4.11. The number of phenolic OH excluding ortho intramolecular Hbond substituents is 1. The van der Waals surface area contributed by atoms with E-state index in [1.165, 1.54) is 18.2 Å². The summed E-state index contributed by atoms with van der Waals surface area (Å²) in [7, 11) is 0. The molecule has 0 saturated carbocycles. The highest BCUT2D eigenvalue weighted by Gasteiger charge is 2.13. The van der Waals surface area contributed by atoms with Crippen molar-refractivity contribution in [2.24, 2.45) is 10.8 Å². The molecule has 27 heavy (non-hydrogen) atoms. The maximum absolute atomic E-state index is 12.4. The Bertz CT molecular complexity index is 1090. The molecule has 0 saturated heterocycles. The van der Waals surface area contributed by atoms with Crippen LogP contribution in [0.15, 0.2) is 59.7 Å². The predicted molar refractivity (Wildman–Crippen MR) is 102 cm³/mol. The molecule has 0 fully saturated rings. The van der Waals surface area contributed by atoms with Crippen molar-refractivity contribution in [1.82, 2.24) is 5.43 Å². The molecule has 3 rings (SSSR count). The fourth-order valence-corrected chi connectivity index (χ4v) is 2.63. The van der Waals surface area contributed by atoms with Crippen LogP contribution in [-0.4, -0.2) is 27.7 Å². The minimum Gasteiger partial charge on any atom is -0.507 e. The summed E-state index contributed by atoms with van der Waals surface area (Å²) in [5.74, 6) is -1.73. The number of carbonyl (C=O) groups excluding carboxylic acids is 2. The van der Waals surface area contributed by atoms with Gasteiger partial charge in [0.2, 0.25) is 0 Å². The van der Waals surface area contributed by atoms with E-state index in [-0.39, 0.29) is 22.6 Å². The van der Waals surface area contributed by atoms with Gasteiger partial charge in [-0.2, -0.15) is 5.10 Å². The summed E-state index contributed by atoms with van der Waals surface area (Å²) in [4.78, 5) is 23.7. The number of hydrazone groups is 1. The van der Waals surface area contributed by atoms with Crippen LogP contribution >= 0.6 is 0 Å². The molecular formula is C20H17N3O4. The zero-order chi connectivity index (χ0) is 19.6. The average Bonchev–Trinajstić information content (AvgIpc) is 2.65. The Labute approximate surface area is 154 Å². The van der Waals surface area contributed by atoms with Crippen molar-refractivity contribution in [2.75, 3.05) is 0 Å². The number of primary amides is 1. The largest absolute Gasteiger partial charge is 0.507 e. The molecule has 0 aliphatic rings.